The van der Waals surface area contributed by atoms with E-state index in [0.717, 1.165) is 0 Å². The average Bonchev–Trinajstić information content (AvgIpc) is 2.23. The first-order chi connectivity index (χ1) is 8.23. The van der Waals surface area contributed by atoms with Crippen molar-refractivity contribution in [1.82, 2.24) is 9.80 Å². The molecule has 18 heavy (non-hydrogen) atoms. The number of aliphatic hydroxyl groups excluding tert-OH is 1. The average molecular weight is 258 g/mol. The minimum Gasteiger partial charge on any atom is -0.480 e. The van der Waals surface area contributed by atoms with Crippen LogP contribution in [0, 0.1) is 0 Å². The third-order valence-electron chi connectivity index (χ3n) is 2.32. The summed E-state index contributed by atoms with van der Waals surface area (Å²) in [6, 6.07) is -0.418. The first kappa shape index (κ1) is 16.4. The number of nitrogens with zero attached hydrogens (tertiary/aromatic N) is 2. The molecule has 104 valence electrons. The van der Waals surface area contributed by atoms with E-state index in [1.807, 2.05) is 0 Å². The highest BCUT2D eigenvalue weighted by atomic mass is 16.4. The fraction of sp³-hybridized carbons (Fsp3) is 0.667. The summed E-state index contributed by atoms with van der Waals surface area (Å²) in [7, 11) is 0. The summed E-state index contributed by atoms with van der Waals surface area (Å²) in [4.78, 5) is 25.7. The SMILES string of the molecule is C=CCN(CCO)C(=O)N(CC(=O)O)C(C)(C)C. The van der Waals surface area contributed by atoms with Crippen LogP contribution in [-0.2, 0) is 4.79 Å². The van der Waals surface area contributed by atoms with Crippen LogP contribution in [0.5, 0.6) is 0 Å². The minimum atomic E-state index is -1.07. The van der Waals surface area contributed by atoms with Gasteiger partial charge >= 0.3 is 12.0 Å². The molecule has 0 saturated carbocycles. The zero-order valence-electron chi connectivity index (χ0n) is 11.2. The van der Waals surface area contributed by atoms with Gasteiger partial charge < -0.3 is 20.0 Å². The highest BCUT2D eigenvalue weighted by molar-refractivity contribution is 5.81. The maximum Gasteiger partial charge on any atom is 0.323 e. The Morgan fingerprint density at radius 3 is 2.22 bits per heavy atom. The van der Waals surface area contributed by atoms with Crippen molar-refractivity contribution in [3.8, 4) is 0 Å². The Labute approximate surface area is 107 Å². The van der Waals surface area contributed by atoms with Gasteiger partial charge in [-0.3, -0.25) is 4.79 Å². The van der Waals surface area contributed by atoms with Gasteiger partial charge in [-0.15, -0.1) is 6.58 Å². The lowest BCUT2D eigenvalue weighted by molar-refractivity contribution is -0.138. The van der Waals surface area contributed by atoms with Gasteiger partial charge in [0, 0.05) is 18.6 Å². The molecule has 0 aliphatic rings. The summed E-state index contributed by atoms with van der Waals surface area (Å²) >= 11 is 0. The molecule has 0 aliphatic heterocycles. The third-order valence-corrected chi connectivity index (χ3v) is 2.32. The van der Waals surface area contributed by atoms with Gasteiger partial charge in [-0.05, 0) is 20.8 Å². The second-order valence-corrected chi connectivity index (χ2v) is 4.89. The van der Waals surface area contributed by atoms with Gasteiger partial charge in [0.15, 0.2) is 0 Å². The number of aliphatic hydroxyl groups is 1. The number of carbonyl (C=O) groups is 2. The van der Waals surface area contributed by atoms with Crippen molar-refractivity contribution in [1.29, 1.82) is 0 Å². The molecule has 0 aliphatic carbocycles. The fourth-order valence-corrected chi connectivity index (χ4v) is 1.44. The molecule has 2 N–H and O–H groups in total. The molecular weight excluding hydrogens is 236 g/mol. The Bertz CT molecular complexity index is 310. The Morgan fingerprint density at radius 2 is 1.89 bits per heavy atom. The van der Waals surface area contributed by atoms with Crippen molar-refractivity contribution in [2.75, 3.05) is 26.2 Å². The number of carbonyl (C=O) groups excluding carboxylic acids is 1. The molecule has 0 aromatic carbocycles. The first-order valence-electron chi connectivity index (χ1n) is 5.74. The molecule has 0 aromatic heterocycles. The Morgan fingerprint density at radius 1 is 1.33 bits per heavy atom. The minimum absolute atomic E-state index is 0.150. The van der Waals surface area contributed by atoms with E-state index in [1.165, 1.54) is 15.9 Å². The summed E-state index contributed by atoms with van der Waals surface area (Å²) in [5.41, 5.74) is -0.607. The number of rotatable bonds is 6. The highest BCUT2D eigenvalue weighted by Gasteiger charge is 2.31. The third kappa shape index (κ3) is 5.18. The van der Waals surface area contributed by atoms with Crippen molar-refractivity contribution in [2.45, 2.75) is 26.3 Å². The zero-order chi connectivity index (χ0) is 14.3. The van der Waals surface area contributed by atoms with Crippen LogP contribution in [0.2, 0.25) is 0 Å². The molecule has 6 nitrogen and oxygen atoms in total. The Balaban J connectivity index is 5.01. The van der Waals surface area contributed by atoms with Gasteiger partial charge in [-0.2, -0.15) is 0 Å². The number of urea groups is 1. The summed E-state index contributed by atoms with van der Waals surface area (Å²) in [5, 5.41) is 17.8. The lowest BCUT2D eigenvalue weighted by Crippen LogP contribution is -2.54. The maximum atomic E-state index is 12.2. The van der Waals surface area contributed by atoms with Gasteiger partial charge in [0.1, 0.15) is 6.54 Å². The number of carboxylic acids is 1. The standard InChI is InChI=1S/C12H22N2O4/c1-5-6-13(7-8-15)11(18)14(9-10(16)17)12(2,3)4/h5,15H,1,6-9H2,2-4H3,(H,16,17). The van der Waals surface area contributed by atoms with E-state index < -0.39 is 17.5 Å². The number of amides is 2. The summed E-state index contributed by atoms with van der Waals surface area (Å²) in [5.74, 6) is -1.07. The molecular formula is C12H22N2O4. The molecule has 0 saturated heterocycles. The topological polar surface area (TPSA) is 81.1 Å². The van der Waals surface area contributed by atoms with E-state index >= 15 is 0 Å². The van der Waals surface area contributed by atoms with Crippen molar-refractivity contribution in [3.05, 3.63) is 12.7 Å². The normalized spacial score (nSPS) is 10.9. The van der Waals surface area contributed by atoms with Crippen molar-refractivity contribution in [3.63, 3.8) is 0 Å². The van der Waals surface area contributed by atoms with Crippen molar-refractivity contribution >= 4 is 12.0 Å². The second-order valence-electron chi connectivity index (χ2n) is 4.89. The van der Waals surface area contributed by atoms with E-state index in [-0.39, 0.29) is 26.2 Å². The number of hydrogen-bond acceptors (Lipinski definition) is 3. The molecule has 0 bridgehead atoms. The largest absolute Gasteiger partial charge is 0.480 e. The quantitative estimate of drug-likeness (QED) is 0.690. The van der Waals surface area contributed by atoms with Gasteiger partial charge in [0.25, 0.3) is 0 Å². The molecule has 0 unspecified atom stereocenters. The zero-order valence-corrected chi connectivity index (χ0v) is 11.2. The van der Waals surface area contributed by atoms with Crippen LogP contribution in [0.25, 0.3) is 0 Å². The van der Waals surface area contributed by atoms with E-state index in [2.05, 4.69) is 6.58 Å². The van der Waals surface area contributed by atoms with E-state index in [4.69, 9.17) is 10.2 Å². The van der Waals surface area contributed by atoms with Crippen LogP contribution in [0.1, 0.15) is 20.8 Å². The molecule has 0 heterocycles. The van der Waals surface area contributed by atoms with Gasteiger partial charge in [-0.1, -0.05) is 6.08 Å². The lowest BCUT2D eigenvalue weighted by Gasteiger charge is -2.37. The second kappa shape index (κ2) is 7.00. The highest BCUT2D eigenvalue weighted by Crippen LogP contribution is 2.15. The number of carboxylic acid groups (broad SMARTS) is 1. The van der Waals surface area contributed by atoms with Crippen LogP contribution >= 0.6 is 0 Å². The fourth-order valence-electron chi connectivity index (χ4n) is 1.44. The Hall–Kier alpha value is -1.56. The summed E-state index contributed by atoms with van der Waals surface area (Å²) < 4.78 is 0. The maximum absolute atomic E-state index is 12.2. The van der Waals surface area contributed by atoms with Crippen molar-refractivity contribution < 1.29 is 19.8 Å². The molecule has 0 atom stereocenters. The molecule has 0 aromatic rings. The Kier molecular flexibility index (Phi) is 6.40. The van der Waals surface area contributed by atoms with E-state index in [0.29, 0.717) is 0 Å². The van der Waals surface area contributed by atoms with Crippen LogP contribution in [0.15, 0.2) is 12.7 Å². The number of hydrogen-bond donors (Lipinski definition) is 2. The van der Waals surface area contributed by atoms with Crippen LogP contribution < -0.4 is 0 Å². The smallest absolute Gasteiger partial charge is 0.323 e. The monoisotopic (exact) mass is 258 g/mol. The van der Waals surface area contributed by atoms with E-state index in [1.54, 1.807) is 20.8 Å². The van der Waals surface area contributed by atoms with Gasteiger partial charge in [-0.25, -0.2) is 4.79 Å². The molecule has 2 amide bonds. The van der Waals surface area contributed by atoms with Gasteiger partial charge in [0.2, 0.25) is 0 Å². The molecule has 0 fully saturated rings. The predicted molar refractivity (Wildman–Crippen MR) is 68.3 cm³/mol. The molecule has 6 heteroatoms. The molecule has 0 spiro atoms. The molecule has 0 radical (unpaired) electrons. The van der Waals surface area contributed by atoms with E-state index in [9.17, 15) is 9.59 Å². The van der Waals surface area contributed by atoms with Crippen LogP contribution in [0.3, 0.4) is 0 Å². The van der Waals surface area contributed by atoms with Crippen molar-refractivity contribution in [2.24, 2.45) is 0 Å². The van der Waals surface area contributed by atoms with Gasteiger partial charge in [0.05, 0.1) is 6.61 Å². The summed E-state index contributed by atoms with van der Waals surface area (Å²) in [6.07, 6.45) is 1.54. The first-order valence-corrected chi connectivity index (χ1v) is 5.74. The van der Waals surface area contributed by atoms with Crippen LogP contribution in [0.4, 0.5) is 4.79 Å². The summed E-state index contributed by atoms with van der Waals surface area (Å²) in [6.45, 7) is 8.70. The number of aliphatic carboxylic acids is 1. The predicted octanol–water partition coefficient (Wildman–Crippen LogP) is 0.772. The van der Waals surface area contributed by atoms with Crippen LogP contribution in [-0.4, -0.2) is 63.8 Å². The molecule has 0 rings (SSSR count). The lowest BCUT2D eigenvalue weighted by atomic mass is 10.1.